The molecule has 0 aliphatic rings. The van der Waals surface area contributed by atoms with E-state index in [1.54, 1.807) is 24.3 Å². The van der Waals surface area contributed by atoms with Crippen LogP contribution in [0.2, 0.25) is 0 Å². The Morgan fingerprint density at radius 2 is 1.89 bits per heavy atom. The molecular weight excluding hydrogens is 370 g/mol. The van der Waals surface area contributed by atoms with E-state index in [0.717, 1.165) is 0 Å². The van der Waals surface area contributed by atoms with E-state index >= 15 is 0 Å². The molecule has 0 aliphatic carbocycles. The number of non-ortho nitro benzene ring substituents is 1. The second kappa shape index (κ2) is 8.95. The number of rotatable bonds is 6. The number of carbonyl (C=O) groups excluding carboxylic acids is 1. The first-order valence-electron chi connectivity index (χ1n) is 8.02. The van der Waals surface area contributed by atoms with Gasteiger partial charge in [-0.1, -0.05) is 12.1 Å². The summed E-state index contributed by atoms with van der Waals surface area (Å²) in [5.74, 6) is 0.314. The molecule has 0 bridgehead atoms. The number of para-hydroxylation sites is 1. The van der Waals surface area contributed by atoms with Crippen LogP contribution in [0.5, 0.6) is 11.5 Å². The monoisotopic (exact) mass is 389 g/mol. The average molecular weight is 389 g/mol. The van der Waals surface area contributed by atoms with Gasteiger partial charge in [0, 0.05) is 12.1 Å². The van der Waals surface area contributed by atoms with Gasteiger partial charge in [-0.15, -0.1) is 0 Å². The van der Waals surface area contributed by atoms with Crippen molar-refractivity contribution >= 4 is 34.6 Å². The standard InChI is InChI=1S/C18H19N3O5S/c1-11(2)26-15-7-5-4-6-13(15)17(22)20-18(27)19-14-10-12(21(23)24)8-9-16(14)25-3/h4-11H,1-3H3,(H2,19,20,22,27). The van der Waals surface area contributed by atoms with Gasteiger partial charge in [0.05, 0.1) is 29.4 Å². The number of thiocarbonyl (C=S) groups is 1. The fraction of sp³-hybridized carbons (Fsp3) is 0.222. The maximum atomic E-state index is 12.5. The fourth-order valence-corrected chi connectivity index (χ4v) is 2.44. The lowest BCUT2D eigenvalue weighted by molar-refractivity contribution is -0.384. The Labute approximate surface area is 161 Å². The Hall–Kier alpha value is -3.20. The lowest BCUT2D eigenvalue weighted by Crippen LogP contribution is -2.34. The summed E-state index contributed by atoms with van der Waals surface area (Å²) in [6.45, 7) is 3.71. The van der Waals surface area contributed by atoms with E-state index in [2.05, 4.69) is 10.6 Å². The molecule has 8 nitrogen and oxygen atoms in total. The second-order valence-corrected chi connectivity index (χ2v) is 6.12. The molecule has 1 amide bonds. The lowest BCUT2D eigenvalue weighted by Gasteiger charge is -2.15. The van der Waals surface area contributed by atoms with Crippen LogP contribution in [-0.4, -0.2) is 29.2 Å². The van der Waals surface area contributed by atoms with Gasteiger partial charge in [-0.3, -0.25) is 20.2 Å². The third-order valence-electron chi connectivity index (χ3n) is 3.36. The minimum absolute atomic E-state index is 0.0295. The molecule has 9 heteroatoms. The first-order valence-corrected chi connectivity index (χ1v) is 8.43. The zero-order valence-corrected chi connectivity index (χ0v) is 15.8. The van der Waals surface area contributed by atoms with Gasteiger partial charge in [-0.25, -0.2) is 0 Å². The van der Waals surface area contributed by atoms with E-state index in [0.29, 0.717) is 17.1 Å². The van der Waals surface area contributed by atoms with Crippen molar-refractivity contribution < 1.29 is 19.2 Å². The lowest BCUT2D eigenvalue weighted by atomic mass is 10.2. The van der Waals surface area contributed by atoms with E-state index < -0.39 is 10.8 Å². The third kappa shape index (κ3) is 5.38. The molecule has 0 heterocycles. The molecule has 2 aromatic carbocycles. The van der Waals surface area contributed by atoms with E-state index in [4.69, 9.17) is 21.7 Å². The minimum Gasteiger partial charge on any atom is -0.495 e. The zero-order chi connectivity index (χ0) is 20.0. The van der Waals surface area contributed by atoms with Gasteiger partial charge in [0.15, 0.2) is 5.11 Å². The topological polar surface area (TPSA) is 103 Å². The van der Waals surface area contributed by atoms with E-state index in [-0.39, 0.29) is 22.6 Å². The number of ether oxygens (including phenoxy) is 2. The maximum Gasteiger partial charge on any atom is 0.271 e. The van der Waals surface area contributed by atoms with E-state index in [9.17, 15) is 14.9 Å². The number of hydrogen-bond donors (Lipinski definition) is 2. The number of amides is 1. The molecule has 0 radical (unpaired) electrons. The van der Waals surface area contributed by atoms with Gasteiger partial charge in [0.2, 0.25) is 0 Å². The third-order valence-corrected chi connectivity index (χ3v) is 3.57. The van der Waals surface area contributed by atoms with Crippen LogP contribution in [0.25, 0.3) is 0 Å². The molecule has 2 aromatic rings. The number of hydrogen-bond acceptors (Lipinski definition) is 6. The number of nitro groups is 1. The van der Waals surface area contributed by atoms with E-state index in [1.165, 1.54) is 25.3 Å². The van der Waals surface area contributed by atoms with Crippen molar-refractivity contribution in [2.75, 3.05) is 12.4 Å². The molecule has 0 spiro atoms. The number of nitrogens with zero attached hydrogens (tertiary/aromatic N) is 1. The molecule has 0 saturated carbocycles. The Morgan fingerprint density at radius 3 is 2.52 bits per heavy atom. The van der Waals surface area contributed by atoms with Gasteiger partial charge in [0.1, 0.15) is 11.5 Å². The quantitative estimate of drug-likeness (QED) is 0.443. The first-order chi connectivity index (χ1) is 12.8. The molecule has 0 unspecified atom stereocenters. The van der Waals surface area contributed by atoms with Crippen molar-refractivity contribution in [2.45, 2.75) is 20.0 Å². The van der Waals surface area contributed by atoms with Crippen molar-refractivity contribution in [1.82, 2.24) is 5.32 Å². The Bertz CT molecular complexity index is 870. The van der Waals surface area contributed by atoms with Crippen LogP contribution < -0.4 is 20.1 Å². The summed E-state index contributed by atoms with van der Waals surface area (Å²) in [5.41, 5.74) is 0.452. The highest BCUT2D eigenvalue weighted by atomic mass is 32.1. The molecule has 142 valence electrons. The van der Waals surface area contributed by atoms with Gasteiger partial charge in [0.25, 0.3) is 11.6 Å². The number of methoxy groups -OCH3 is 1. The highest BCUT2D eigenvalue weighted by Crippen LogP contribution is 2.28. The number of carbonyl (C=O) groups is 1. The SMILES string of the molecule is COc1ccc([N+](=O)[O-])cc1NC(=S)NC(=O)c1ccccc1OC(C)C. The van der Waals surface area contributed by atoms with Crippen LogP contribution in [0, 0.1) is 10.1 Å². The summed E-state index contributed by atoms with van der Waals surface area (Å²) in [4.78, 5) is 22.9. The fourth-order valence-electron chi connectivity index (χ4n) is 2.24. The molecule has 27 heavy (non-hydrogen) atoms. The van der Waals surface area contributed by atoms with Gasteiger partial charge >= 0.3 is 0 Å². The zero-order valence-electron chi connectivity index (χ0n) is 15.0. The van der Waals surface area contributed by atoms with Crippen LogP contribution in [0.15, 0.2) is 42.5 Å². The molecule has 2 N–H and O–H groups in total. The Balaban J connectivity index is 2.16. The van der Waals surface area contributed by atoms with Gasteiger partial charge in [-0.2, -0.15) is 0 Å². The van der Waals surface area contributed by atoms with Crippen LogP contribution in [-0.2, 0) is 0 Å². The first kappa shape index (κ1) is 20.1. The smallest absolute Gasteiger partial charge is 0.271 e. The van der Waals surface area contributed by atoms with Crippen LogP contribution in [0.4, 0.5) is 11.4 Å². The van der Waals surface area contributed by atoms with Gasteiger partial charge < -0.3 is 14.8 Å². The molecule has 0 atom stereocenters. The molecule has 2 rings (SSSR count). The van der Waals surface area contributed by atoms with Crippen LogP contribution in [0.3, 0.4) is 0 Å². The average Bonchev–Trinajstić information content (AvgIpc) is 2.61. The van der Waals surface area contributed by atoms with Crippen molar-refractivity contribution in [1.29, 1.82) is 0 Å². The van der Waals surface area contributed by atoms with Crippen molar-refractivity contribution in [3.8, 4) is 11.5 Å². The summed E-state index contributed by atoms with van der Waals surface area (Å²) < 4.78 is 10.8. The molecule has 0 aliphatic heterocycles. The number of anilines is 1. The molecule has 0 aromatic heterocycles. The van der Waals surface area contributed by atoms with Gasteiger partial charge in [-0.05, 0) is 44.3 Å². The predicted molar refractivity (Wildman–Crippen MR) is 106 cm³/mol. The summed E-state index contributed by atoms with van der Waals surface area (Å²) in [5, 5.41) is 16.2. The predicted octanol–water partition coefficient (Wildman–Crippen LogP) is 3.52. The Morgan fingerprint density at radius 1 is 1.19 bits per heavy atom. The second-order valence-electron chi connectivity index (χ2n) is 5.71. The Kier molecular flexibility index (Phi) is 6.67. The van der Waals surface area contributed by atoms with E-state index in [1.807, 2.05) is 13.8 Å². The molecular formula is C18H19N3O5S. The summed E-state index contributed by atoms with van der Waals surface area (Å²) >= 11 is 5.15. The highest BCUT2D eigenvalue weighted by Gasteiger charge is 2.16. The summed E-state index contributed by atoms with van der Waals surface area (Å²) in [7, 11) is 1.42. The van der Waals surface area contributed by atoms with Crippen molar-refractivity contribution in [2.24, 2.45) is 0 Å². The summed E-state index contributed by atoms with van der Waals surface area (Å²) in [6, 6.07) is 10.8. The van der Waals surface area contributed by atoms with Crippen molar-refractivity contribution in [3.63, 3.8) is 0 Å². The maximum absolute atomic E-state index is 12.5. The van der Waals surface area contributed by atoms with Crippen LogP contribution >= 0.6 is 12.2 Å². The largest absolute Gasteiger partial charge is 0.495 e. The minimum atomic E-state index is -0.536. The molecule has 0 saturated heterocycles. The summed E-state index contributed by atoms with van der Waals surface area (Å²) in [6.07, 6.45) is -0.0989. The molecule has 0 fully saturated rings. The van der Waals surface area contributed by atoms with Crippen molar-refractivity contribution in [3.05, 3.63) is 58.1 Å². The van der Waals surface area contributed by atoms with Crippen LogP contribution in [0.1, 0.15) is 24.2 Å². The number of benzene rings is 2. The number of nitrogens with one attached hydrogen (secondary N) is 2. The highest BCUT2D eigenvalue weighted by molar-refractivity contribution is 7.80. The normalized spacial score (nSPS) is 10.2. The number of nitro benzene ring substituents is 1.